The monoisotopic (exact) mass is 1090 g/mol. The van der Waals surface area contributed by atoms with Crippen molar-refractivity contribution in [1.82, 2.24) is 16.0 Å². The Labute approximate surface area is 434 Å². The maximum atomic E-state index is 13.4. The van der Waals surface area contributed by atoms with E-state index >= 15 is 0 Å². The van der Waals surface area contributed by atoms with Gasteiger partial charge in [0.2, 0.25) is 0 Å². The van der Waals surface area contributed by atoms with Crippen LogP contribution in [0.25, 0.3) is 0 Å². The predicted octanol–water partition coefficient (Wildman–Crippen LogP) is 8.67. The van der Waals surface area contributed by atoms with Gasteiger partial charge in [0.25, 0.3) is 5.69 Å². The average Bonchev–Trinajstić information content (AvgIpc) is 3.35. The topological polar surface area (TPSA) is 269 Å². The fourth-order valence-electron chi connectivity index (χ4n) is 7.21. The van der Waals surface area contributed by atoms with Crippen LogP contribution in [0.4, 0.5) is 37.1 Å². The van der Waals surface area contributed by atoms with E-state index in [2.05, 4.69) is 26.2 Å². The molecule has 0 saturated carbocycles. The van der Waals surface area contributed by atoms with Crippen molar-refractivity contribution in [3.8, 4) is 5.75 Å². The van der Waals surface area contributed by atoms with Crippen molar-refractivity contribution < 1.29 is 73.4 Å². The van der Waals surface area contributed by atoms with Gasteiger partial charge in [-0.05, 0) is 106 Å². The van der Waals surface area contributed by atoms with Gasteiger partial charge in [-0.2, -0.15) is 5.11 Å². The fourth-order valence-corrected chi connectivity index (χ4v) is 15.0. The molecule has 0 spiro atoms. The molecule has 24 nitrogen and oxygen atoms in total. The number of amides is 3. The van der Waals surface area contributed by atoms with Crippen LogP contribution < -0.4 is 25.6 Å². The summed E-state index contributed by atoms with van der Waals surface area (Å²) < 4.78 is 70.3. The summed E-state index contributed by atoms with van der Waals surface area (Å²) in [6.45, 7) is 21.6. The Bertz CT molecular complexity index is 1810. The van der Waals surface area contributed by atoms with Crippen LogP contribution in [0.2, 0.25) is 18.1 Å². The first-order valence-electron chi connectivity index (χ1n) is 25.3. The second-order valence-electron chi connectivity index (χ2n) is 15.3. The Morgan fingerprint density at radius 3 is 1.26 bits per heavy atom. The SMILES string of the molecule is CCO[Si](CCCNC(=O)OCCN(CCOC(=O)NCCC[Si](OCC)(OCC)OCC)c1ccc(N=Nc2ccc([N+](=O)[O-])cc2)c(OC(=O)NCCC[Si](OCC)(OCC)OCC)c1)(OCC)OCC. The number of nitro benzene ring substituents is 1. The molecule has 73 heavy (non-hydrogen) atoms. The van der Waals surface area contributed by atoms with Crippen molar-refractivity contribution in [1.29, 1.82) is 0 Å². The van der Waals surface area contributed by atoms with E-state index in [1.165, 1.54) is 24.3 Å². The Kier molecular flexibility index (Phi) is 32.8. The minimum atomic E-state index is -2.97. The second-order valence-corrected chi connectivity index (χ2v) is 23.5. The first-order valence-corrected chi connectivity index (χ1v) is 31.1. The summed E-state index contributed by atoms with van der Waals surface area (Å²) in [6.07, 6.45) is -0.564. The number of nitrogens with one attached hydrogen (secondary N) is 3. The molecule has 0 radical (unpaired) electrons. The highest BCUT2D eigenvalue weighted by Gasteiger charge is 2.41. The van der Waals surface area contributed by atoms with Crippen LogP contribution in [0.1, 0.15) is 81.6 Å². The number of benzene rings is 2. The molecule has 2 aromatic rings. The van der Waals surface area contributed by atoms with E-state index < -0.39 is 49.6 Å². The third kappa shape index (κ3) is 25.0. The minimum absolute atomic E-state index is 0.00113. The zero-order valence-electron chi connectivity index (χ0n) is 44.3. The molecule has 0 heterocycles. The lowest BCUT2D eigenvalue weighted by atomic mass is 10.2. The fraction of sp³-hybridized carbons (Fsp3) is 0.674. The molecule has 3 N–H and O–H groups in total. The van der Waals surface area contributed by atoms with Crippen LogP contribution >= 0.6 is 0 Å². The zero-order chi connectivity index (χ0) is 53.8. The molecule has 2 rings (SSSR count). The van der Waals surface area contributed by atoms with Gasteiger partial charge in [-0.25, -0.2) is 14.4 Å². The number of hydrogen-bond acceptors (Lipinski definition) is 20. The summed E-state index contributed by atoms with van der Waals surface area (Å²) in [5.41, 5.74) is 0.820. The third-order valence-corrected chi connectivity index (χ3v) is 19.6. The molecule has 0 fully saturated rings. The van der Waals surface area contributed by atoms with Crippen molar-refractivity contribution in [3.63, 3.8) is 0 Å². The van der Waals surface area contributed by atoms with Gasteiger partial charge in [0.15, 0.2) is 5.75 Å². The van der Waals surface area contributed by atoms with E-state index in [1.807, 2.05) is 62.3 Å². The lowest BCUT2D eigenvalue weighted by Gasteiger charge is -2.28. The molecular formula is C46H81N7O17Si3. The van der Waals surface area contributed by atoms with Crippen LogP contribution in [-0.2, 0) is 49.3 Å². The van der Waals surface area contributed by atoms with E-state index in [1.54, 1.807) is 23.1 Å². The number of carbonyl (C=O) groups excluding carboxylic acids is 3. The summed E-state index contributed by atoms with van der Waals surface area (Å²) >= 11 is 0. The highest BCUT2D eigenvalue weighted by Crippen LogP contribution is 2.34. The zero-order valence-corrected chi connectivity index (χ0v) is 47.3. The van der Waals surface area contributed by atoms with Crippen LogP contribution in [0.3, 0.4) is 0 Å². The average molecular weight is 1090 g/mol. The number of azo groups is 1. The van der Waals surface area contributed by atoms with Gasteiger partial charge >= 0.3 is 44.7 Å². The van der Waals surface area contributed by atoms with Gasteiger partial charge < -0.3 is 74.9 Å². The first kappa shape index (κ1) is 64.5. The van der Waals surface area contributed by atoms with E-state index in [9.17, 15) is 24.5 Å². The molecule has 3 amide bonds. The number of non-ortho nitro benzene ring substituents is 1. The second kappa shape index (κ2) is 37.1. The van der Waals surface area contributed by atoms with Crippen LogP contribution in [0.15, 0.2) is 52.7 Å². The predicted molar refractivity (Wildman–Crippen MR) is 279 cm³/mol. The normalized spacial score (nSPS) is 11.9. The summed E-state index contributed by atoms with van der Waals surface area (Å²) in [5, 5.41) is 28.1. The number of rotatable bonds is 41. The molecular weight excluding hydrogens is 1010 g/mol. The summed E-state index contributed by atoms with van der Waals surface area (Å²) in [5.74, 6) is 0.00113. The van der Waals surface area contributed by atoms with Crippen molar-refractivity contribution >= 4 is 67.4 Å². The van der Waals surface area contributed by atoms with Gasteiger partial charge in [-0.1, -0.05) is 0 Å². The molecule has 0 saturated heterocycles. The Hall–Kier alpha value is -4.66. The maximum Gasteiger partial charge on any atom is 0.500 e. The number of carbonyl (C=O) groups is 3. The van der Waals surface area contributed by atoms with Crippen LogP contribution in [0.5, 0.6) is 5.75 Å². The third-order valence-electron chi connectivity index (χ3n) is 10.1. The van der Waals surface area contributed by atoms with E-state index in [0.29, 0.717) is 108 Å². The Balaban J connectivity index is 2.35. The highest BCUT2D eigenvalue weighted by molar-refractivity contribution is 6.61. The van der Waals surface area contributed by atoms with Crippen LogP contribution in [0, 0.1) is 10.1 Å². The lowest BCUT2D eigenvalue weighted by Crippen LogP contribution is -2.46. The van der Waals surface area contributed by atoms with Gasteiger partial charge in [-0.3, -0.25) is 10.1 Å². The summed E-state index contributed by atoms with van der Waals surface area (Å²) in [6, 6.07) is 11.7. The van der Waals surface area contributed by atoms with Gasteiger partial charge in [0.05, 0.1) is 23.7 Å². The molecule has 0 atom stereocenters. The van der Waals surface area contributed by atoms with Gasteiger partial charge in [0.1, 0.15) is 18.9 Å². The van der Waals surface area contributed by atoms with Crippen LogP contribution in [-0.4, -0.2) is 155 Å². The number of alkyl carbamates (subject to hydrolysis) is 2. The first-order chi connectivity index (χ1) is 35.3. The van der Waals surface area contributed by atoms with Crippen molar-refractivity contribution in [3.05, 3.63) is 52.6 Å². The number of nitro groups is 1. The largest absolute Gasteiger partial charge is 0.500 e. The maximum absolute atomic E-state index is 13.4. The number of nitrogens with zero attached hydrogens (tertiary/aromatic N) is 4. The molecule has 2 aromatic carbocycles. The quantitative estimate of drug-likeness (QED) is 0.0185. The van der Waals surface area contributed by atoms with Crippen molar-refractivity contribution in [2.45, 2.75) is 99.7 Å². The number of anilines is 1. The van der Waals surface area contributed by atoms with Crippen molar-refractivity contribution in [2.24, 2.45) is 10.2 Å². The Morgan fingerprint density at radius 1 is 0.534 bits per heavy atom. The number of ether oxygens (including phenoxy) is 3. The van der Waals surface area contributed by atoms with Gasteiger partial charge in [-0.15, -0.1) is 5.11 Å². The van der Waals surface area contributed by atoms with Crippen molar-refractivity contribution in [2.75, 3.05) is 110 Å². The molecule has 0 aromatic heterocycles. The Morgan fingerprint density at radius 2 is 0.904 bits per heavy atom. The molecule has 0 aliphatic rings. The standard InChI is InChI=1S/C46H81N7O17Si3/c1-10-61-71(62-11-2,63-12-3)35-19-28-47-44(54)59-33-31-52(32-34-60-45(55)48-29-20-36-72(64-13-4,65-14-5)66-15-6)41-26-27-42(51-50-39-22-24-40(25-23-39)53(57)58)43(38-41)70-46(56)49-30-21-37-73(67-16-7,68-17-8)69-18-9/h22-27,38H,10-21,28-37H2,1-9H3,(H,47,54)(H,48,55)(H,49,56). The molecule has 0 aliphatic heterocycles. The number of hydrogen-bond donors (Lipinski definition) is 3. The molecule has 0 unspecified atom stereocenters. The summed E-state index contributed by atoms with van der Waals surface area (Å²) in [4.78, 5) is 51.7. The molecule has 0 aliphatic carbocycles. The molecule has 27 heteroatoms. The smallest absolute Gasteiger partial charge is 0.448 e. The van der Waals surface area contributed by atoms with E-state index in [0.717, 1.165) is 0 Å². The lowest BCUT2D eigenvalue weighted by molar-refractivity contribution is -0.384. The van der Waals surface area contributed by atoms with E-state index in [4.69, 9.17) is 54.0 Å². The van der Waals surface area contributed by atoms with Gasteiger partial charge in [0, 0.05) is 121 Å². The molecule has 0 bridgehead atoms. The minimum Gasteiger partial charge on any atom is -0.448 e. The summed E-state index contributed by atoms with van der Waals surface area (Å²) in [7, 11) is -8.77. The molecule has 414 valence electrons. The van der Waals surface area contributed by atoms with E-state index in [-0.39, 0.29) is 63.1 Å². The highest BCUT2D eigenvalue weighted by atomic mass is 28.4.